The summed E-state index contributed by atoms with van der Waals surface area (Å²) in [6, 6.07) is 25.8. The number of nitrogens with zero attached hydrogens (tertiary/aromatic N) is 3. The minimum atomic E-state index is -0.947. The highest BCUT2D eigenvalue weighted by Gasteiger charge is 2.19. The maximum Gasteiger partial charge on any atom is 0.305 e. The standard InChI is InChI=1S/C33H32N4O3S/c34-20-23-6-10-27(11-7-23)30-22-41-33(36-30)37(29-16-14-26(15-17-29)25-4-2-1-3-5-25)21-24-8-12-28(13-9-24)32(40)35-19-18-31(38)39/h6-17,22,25H,1-5,18-19,21H2,(H,35,40)(H,38,39). The first kappa shape index (κ1) is 28.1. The van der Waals surface area contributed by atoms with Crippen molar-refractivity contribution < 1.29 is 14.7 Å². The Labute approximate surface area is 244 Å². The number of aromatic nitrogens is 1. The van der Waals surface area contributed by atoms with Crippen LogP contribution in [0.3, 0.4) is 0 Å². The van der Waals surface area contributed by atoms with E-state index in [-0.39, 0.29) is 18.9 Å². The Hall–Kier alpha value is -4.48. The number of benzene rings is 3. The molecule has 41 heavy (non-hydrogen) atoms. The summed E-state index contributed by atoms with van der Waals surface area (Å²) in [7, 11) is 0. The van der Waals surface area contributed by atoms with Crippen LogP contribution in [0.5, 0.6) is 0 Å². The van der Waals surface area contributed by atoms with Crippen molar-refractivity contribution in [1.29, 1.82) is 5.26 Å². The zero-order valence-electron chi connectivity index (χ0n) is 22.8. The summed E-state index contributed by atoms with van der Waals surface area (Å²) >= 11 is 1.57. The number of amides is 1. The van der Waals surface area contributed by atoms with E-state index in [1.54, 1.807) is 35.6 Å². The first-order valence-electron chi connectivity index (χ1n) is 13.9. The molecule has 8 heteroatoms. The second-order valence-electron chi connectivity index (χ2n) is 10.3. The maximum atomic E-state index is 12.4. The van der Waals surface area contributed by atoms with Gasteiger partial charge in [-0.15, -0.1) is 11.3 Å². The van der Waals surface area contributed by atoms with Gasteiger partial charge in [-0.2, -0.15) is 5.26 Å². The molecule has 1 aliphatic carbocycles. The predicted octanol–water partition coefficient (Wildman–Crippen LogP) is 7.27. The highest BCUT2D eigenvalue weighted by molar-refractivity contribution is 7.14. The van der Waals surface area contributed by atoms with Crippen molar-refractivity contribution in [3.8, 4) is 17.3 Å². The first-order chi connectivity index (χ1) is 20.0. The summed E-state index contributed by atoms with van der Waals surface area (Å²) in [5.74, 6) is -0.611. The van der Waals surface area contributed by atoms with Crippen LogP contribution in [0.25, 0.3) is 11.3 Å². The van der Waals surface area contributed by atoms with Crippen LogP contribution in [-0.4, -0.2) is 28.5 Å². The minimum Gasteiger partial charge on any atom is -0.481 e. The molecule has 5 rings (SSSR count). The maximum absolute atomic E-state index is 12.4. The first-order valence-corrected chi connectivity index (χ1v) is 14.8. The normalized spacial score (nSPS) is 13.3. The fourth-order valence-corrected chi connectivity index (χ4v) is 6.05. The van der Waals surface area contributed by atoms with E-state index >= 15 is 0 Å². The Balaban J connectivity index is 1.38. The number of hydrogen-bond acceptors (Lipinski definition) is 6. The Kier molecular flexibility index (Phi) is 9.07. The lowest BCUT2D eigenvalue weighted by Gasteiger charge is -2.25. The van der Waals surface area contributed by atoms with Gasteiger partial charge in [-0.1, -0.05) is 55.7 Å². The summed E-state index contributed by atoms with van der Waals surface area (Å²) in [4.78, 5) is 30.3. The summed E-state index contributed by atoms with van der Waals surface area (Å²) in [6.07, 6.45) is 6.31. The average Bonchev–Trinajstić information content (AvgIpc) is 3.51. The topological polar surface area (TPSA) is 106 Å². The van der Waals surface area contributed by atoms with Gasteiger partial charge in [0.25, 0.3) is 5.91 Å². The molecule has 0 aliphatic heterocycles. The fraction of sp³-hybridized carbons (Fsp3) is 0.273. The molecule has 1 fully saturated rings. The second-order valence-corrected chi connectivity index (χ2v) is 11.2. The van der Waals surface area contributed by atoms with Crippen molar-refractivity contribution in [3.63, 3.8) is 0 Å². The molecule has 7 nitrogen and oxygen atoms in total. The number of nitrogens with one attached hydrogen (secondary N) is 1. The van der Waals surface area contributed by atoms with Gasteiger partial charge in [-0.05, 0) is 66.3 Å². The van der Waals surface area contributed by atoms with E-state index in [0.717, 1.165) is 27.6 Å². The van der Waals surface area contributed by atoms with Crippen LogP contribution in [0.1, 0.15) is 71.5 Å². The molecule has 0 bridgehead atoms. The Morgan fingerprint density at radius 2 is 1.68 bits per heavy atom. The number of anilines is 2. The van der Waals surface area contributed by atoms with Crippen molar-refractivity contribution in [3.05, 3.63) is 100 Å². The quantitative estimate of drug-likeness (QED) is 0.210. The van der Waals surface area contributed by atoms with Gasteiger partial charge >= 0.3 is 5.97 Å². The Morgan fingerprint density at radius 1 is 0.976 bits per heavy atom. The molecule has 0 saturated heterocycles. The van der Waals surface area contributed by atoms with E-state index in [9.17, 15) is 9.59 Å². The van der Waals surface area contributed by atoms with Crippen molar-refractivity contribution >= 4 is 34.0 Å². The molecule has 3 aromatic carbocycles. The predicted molar refractivity (Wildman–Crippen MR) is 161 cm³/mol. The van der Waals surface area contributed by atoms with Crippen LogP contribution >= 0.6 is 11.3 Å². The molecule has 1 saturated carbocycles. The third-order valence-corrected chi connectivity index (χ3v) is 8.36. The van der Waals surface area contributed by atoms with Crippen LogP contribution in [0.4, 0.5) is 10.8 Å². The van der Waals surface area contributed by atoms with E-state index in [0.29, 0.717) is 23.6 Å². The number of hydrogen-bond donors (Lipinski definition) is 2. The van der Waals surface area contributed by atoms with Gasteiger partial charge in [0.2, 0.25) is 0 Å². The molecule has 0 atom stereocenters. The van der Waals surface area contributed by atoms with E-state index in [4.69, 9.17) is 15.4 Å². The van der Waals surface area contributed by atoms with Crippen LogP contribution in [0.15, 0.2) is 78.2 Å². The molecular weight excluding hydrogens is 532 g/mol. The Bertz CT molecular complexity index is 1520. The number of nitriles is 1. The third kappa shape index (κ3) is 7.19. The van der Waals surface area contributed by atoms with Gasteiger partial charge in [-0.3, -0.25) is 9.59 Å². The Morgan fingerprint density at radius 3 is 2.34 bits per heavy atom. The minimum absolute atomic E-state index is 0.0895. The molecule has 4 aromatic rings. The third-order valence-electron chi connectivity index (χ3n) is 7.50. The number of thiazole rings is 1. The number of carboxylic acids is 1. The van der Waals surface area contributed by atoms with E-state index < -0.39 is 5.97 Å². The monoisotopic (exact) mass is 564 g/mol. The summed E-state index contributed by atoms with van der Waals surface area (Å²) < 4.78 is 0. The zero-order valence-corrected chi connectivity index (χ0v) is 23.6. The largest absolute Gasteiger partial charge is 0.481 e. The van der Waals surface area contributed by atoms with Gasteiger partial charge in [0.15, 0.2) is 5.13 Å². The molecule has 2 N–H and O–H groups in total. The van der Waals surface area contributed by atoms with Gasteiger partial charge in [0, 0.05) is 28.7 Å². The highest BCUT2D eigenvalue weighted by atomic mass is 32.1. The van der Waals surface area contributed by atoms with Crippen LogP contribution in [0, 0.1) is 11.3 Å². The van der Waals surface area contributed by atoms with Gasteiger partial charge in [0.1, 0.15) is 0 Å². The molecule has 208 valence electrons. The number of aliphatic carboxylic acids is 1. The van der Waals surface area contributed by atoms with Crippen molar-refractivity contribution in [2.45, 2.75) is 51.0 Å². The van der Waals surface area contributed by atoms with Crippen molar-refractivity contribution in [1.82, 2.24) is 10.3 Å². The molecule has 1 aromatic heterocycles. The van der Waals surface area contributed by atoms with Crippen LogP contribution in [0.2, 0.25) is 0 Å². The lowest BCUT2D eigenvalue weighted by molar-refractivity contribution is -0.136. The second kappa shape index (κ2) is 13.2. The smallest absolute Gasteiger partial charge is 0.305 e. The molecular formula is C33H32N4O3S. The van der Waals surface area contributed by atoms with E-state index in [1.807, 2.05) is 29.6 Å². The van der Waals surface area contributed by atoms with Crippen molar-refractivity contribution in [2.75, 3.05) is 11.4 Å². The lowest BCUT2D eigenvalue weighted by Crippen LogP contribution is -2.26. The molecule has 1 amide bonds. The van der Waals surface area contributed by atoms with E-state index in [1.165, 1.54) is 37.7 Å². The van der Waals surface area contributed by atoms with Crippen LogP contribution in [-0.2, 0) is 11.3 Å². The SMILES string of the molecule is N#Cc1ccc(-c2csc(N(Cc3ccc(C(=O)NCCC(=O)O)cc3)c3ccc(C4CCCCC4)cc3)n2)cc1. The van der Waals surface area contributed by atoms with E-state index in [2.05, 4.69) is 40.6 Å². The average molecular weight is 565 g/mol. The molecule has 1 aliphatic rings. The zero-order chi connectivity index (χ0) is 28.6. The lowest BCUT2D eigenvalue weighted by atomic mass is 9.84. The van der Waals surface area contributed by atoms with Crippen LogP contribution < -0.4 is 10.2 Å². The summed E-state index contributed by atoms with van der Waals surface area (Å²) in [5, 5.41) is 23.5. The number of rotatable bonds is 10. The fourth-order valence-electron chi connectivity index (χ4n) is 5.20. The number of carbonyl (C=O) groups excluding carboxylic acids is 1. The number of carbonyl (C=O) groups is 2. The molecule has 0 radical (unpaired) electrons. The highest BCUT2D eigenvalue weighted by Crippen LogP contribution is 2.37. The number of carboxylic acid groups (broad SMARTS) is 1. The van der Waals surface area contributed by atoms with Crippen molar-refractivity contribution in [2.24, 2.45) is 0 Å². The molecule has 1 heterocycles. The summed E-state index contributed by atoms with van der Waals surface area (Å²) in [6.45, 7) is 0.649. The molecule has 0 spiro atoms. The van der Waals surface area contributed by atoms with Gasteiger partial charge < -0.3 is 15.3 Å². The summed E-state index contributed by atoms with van der Waals surface area (Å²) in [5.41, 5.74) is 6.36. The van der Waals surface area contributed by atoms with Gasteiger partial charge in [-0.25, -0.2) is 4.98 Å². The molecule has 0 unspecified atom stereocenters. The van der Waals surface area contributed by atoms with Gasteiger partial charge in [0.05, 0.1) is 30.3 Å².